The first-order chi connectivity index (χ1) is 36.8. The van der Waals surface area contributed by atoms with Crippen LogP contribution in [0.3, 0.4) is 0 Å². The van der Waals surface area contributed by atoms with E-state index < -0.39 is 0 Å². The van der Waals surface area contributed by atoms with Gasteiger partial charge >= 0.3 is 0 Å². The van der Waals surface area contributed by atoms with Crippen molar-refractivity contribution in [1.82, 2.24) is 0 Å². The van der Waals surface area contributed by atoms with Crippen LogP contribution in [0.1, 0.15) is 57.4 Å². The second-order valence-electron chi connectivity index (χ2n) is 18.5. The first-order valence-corrected chi connectivity index (χ1v) is 26.4. The van der Waals surface area contributed by atoms with E-state index in [1.807, 2.05) is 85.9 Å². The largest absolute Gasteiger partial charge is 0.495 e. The molecule has 9 rings (SSSR count). The van der Waals surface area contributed by atoms with E-state index in [9.17, 15) is 0 Å². The van der Waals surface area contributed by atoms with Gasteiger partial charge in [0.25, 0.3) is 0 Å². The van der Waals surface area contributed by atoms with Gasteiger partial charge in [-0.25, -0.2) is 0 Å². The van der Waals surface area contributed by atoms with Crippen molar-refractivity contribution in [2.75, 3.05) is 158 Å². The third-order valence-electron chi connectivity index (χ3n) is 12.7. The summed E-state index contributed by atoms with van der Waals surface area (Å²) in [6, 6.07) is 40.8. The van der Waals surface area contributed by atoms with Gasteiger partial charge in [0, 0.05) is 123 Å². The van der Waals surface area contributed by atoms with Gasteiger partial charge in [0.15, 0.2) is 0 Å². The molecule has 0 aliphatic carbocycles. The van der Waals surface area contributed by atoms with E-state index in [2.05, 4.69) is 68.5 Å². The number of piperidine rings is 1. The number of benzene rings is 6. The molecule has 3 aliphatic rings. The number of ether oxygens (including phenoxy) is 2. The van der Waals surface area contributed by atoms with Gasteiger partial charge in [-0.2, -0.15) is 0 Å². The molecule has 3 fully saturated rings. The van der Waals surface area contributed by atoms with Gasteiger partial charge in [0.2, 0.25) is 0 Å². The highest BCUT2D eigenvalue weighted by Crippen LogP contribution is 2.27. The van der Waals surface area contributed by atoms with Gasteiger partial charge in [-0.05, 0) is 167 Å². The number of aliphatic hydroxyl groups excluding tert-OH is 3. The van der Waals surface area contributed by atoms with Crippen LogP contribution in [0.4, 0.5) is 68.2 Å². The Hall–Kier alpha value is -7.60. The fourth-order valence-corrected chi connectivity index (χ4v) is 8.50. The molecule has 0 bridgehead atoms. The fourth-order valence-electron chi connectivity index (χ4n) is 8.50. The zero-order valence-corrected chi connectivity index (χ0v) is 45.5. The summed E-state index contributed by atoms with van der Waals surface area (Å²) in [4.78, 5) is 9.27. The molecule has 6 aromatic carbocycles. The van der Waals surface area contributed by atoms with Gasteiger partial charge in [0.1, 0.15) is 18.1 Å². The second kappa shape index (κ2) is 34.1. The normalized spacial score (nSPS) is 13.3. The zero-order valence-electron chi connectivity index (χ0n) is 45.5. The lowest BCUT2D eigenvalue weighted by atomic mass is 10.1. The molecule has 0 aromatic heterocycles. The number of hydrogen-bond donors (Lipinski definition) is 11. The highest BCUT2D eigenvalue weighted by Gasteiger charge is 2.14. The van der Waals surface area contributed by atoms with Gasteiger partial charge in [-0.1, -0.05) is 18.2 Å². The highest BCUT2D eigenvalue weighted by molar-refractivity contribution is 5.64. The number of hydrogen-bond acceptors (Lipinski definition) is 17. The Morgan fingerprint density at radius 2 is 1.01 bits per heavy atom. The Labute approximate surface area is 452 Å². The summed E-state index contributed by atoms with van der Waals surface area (Å²) < 4.78 is 10.2. The maximum Gasteiger partial charge on any atom is 0.142 e. The molecule has 3 heterocycles. The minimum atomic E-state index is -0.00673. The SMILES string of the molecule is CCN(C)c1cccc(N)c1.CNc1ccc(OCCO)c(N)c1.COc1ccc(NCCO)cc1N.Nc1cc(CO)cc(N2CCCC2)c1.Nc1cccc(N2CCCC2)c1.Nc1cccc(N2CCCCC2)c1. The summed E-state index contributed by atoms with van der Waals surface area (Å²) >= 11 is 0. The number of anilines is 12. The number of aliphatic hydroxyl groups is 3. The van der Waals surface area contributed by atoms with Crippen molar-refractivity contribution in [3.63, 3.8) is 0 Å². The van der Waals surface area contributed by atoms with Crippen LogP contribution in [0.15, 0.2) is 127 Å². The molecule has 0 atom stereocenters. The molecule has 17 nitrogen and oxygen atoms in total. The molecular weight excluding hydrogens is 957 g/mol. The Balaban J connectivity index is 0.000000197. The summed E-state index contributed by atoms with van der Waals surface area (Å²) in [5.41, 5.74) is 46.2. The number of nitrogens with two attached hydrogens (primary N) is 6. The summed E-state index contributed by atoms with van der Waals surface area (Å²) in [7, 11) is 5.45. The summed E-state index contributed by atoms with van der Waals surface area (Å²) in [5, 5.41) is 32.1. The van der Waals surface area contributed by atoms with Crippen LogP contribution in [0.5, 0.6) is 11.5 Å². The molecule has 3 aliphatic heterocycles. The van der Waals surface area contributed by atoms with E-state index >= 15 is 0 Å². The van der Waals surface area contributed by atoms with Crippen LogP contribution in [0.25, 0.3) is 0 Å². The van der Waals surface area contributed by atoms with Crippen LogP contribution < -0.4 is 74.1 Å². The Morgan fingerprint density at radius 1 is 0.526 bits per heavy atom. The average molecular weight is 1050 g/mol. The van der Waals surface area contributed by atoms with Crippen LogP contribution in [0.2, 0.25) is 0 Å². The molecule has 76 heavy (non-hydrogen) atoms. The Bertz CT molecular complexity index is 2550. The summed E-state index contributed by atoms with van der Waals surface area (Å²) in [6.45, 7) is 11.0. The molecule has 0 radical (unpaired) electrons. The van der Waals surface area contributed by atoms with Gasteiger partial charge in [0.05, 0.1) is 38.3 Å². The standard InChI is InChI=1S/C11H16N2O.C11H16N2.C10H14N2.2C9H14N2O2.C9H14N2/c12-10-5-9(8-14)6-11(7-10)13-3-1-2-4-13;12-10-5-4-6-11(9-10)13-7-2-1-3-8-13;11-9-4-3-5-10(8-9)12-6-1-2-7-12;1-13-9-3-2-7(6-8(9)10)11-4-5-12;1-11-7-2-3-9(8(10)6-7)13-5-4-12;1-3-11(2)9-6-4-5-8(10)7-9/h5-7,14H,1-4,8,12H2;4-6,9H,1-3,7-8,12H2;3-5,8H,1-2,6-7,11H2;2*2-3,6,11-12H,4-5,10H2,1H3;4-7H,3,10H2,1-2H3. The molecule has 414 valence electrons. The number of nitrogens with zero attached hydrogens (tertiary/aromatic N) is 4. The van der Waals surface area contributed by atoms with Gasteiger partial charge in [-0.3, -0.25) is 0 Å². The van der Waals surface area contributed by atoms with Crippen molar-refractivity contribution < 1.29 is 24.8 Å². The molecule has 0 unspecified atom stereocenters. The average Bonchev–Trinajstić information content (AvgIpc) is 4.20. The van der Waals surface area contributed by atoms with Gasteiger partial charge < -0.3 is 89.4 Å². The molecule has 6 aromatic rings. The predicted octanol–water partition coefficient (Wildman–Crippen LogP) is 8.58. The molecule has 0 saturated carbocycles. The second-order valence-corrected chi connectivity index (χ2v) is 18.5. The van der Waals surface area contributed by atoms with Crippen LogP contribution >= 0.6 is 0 Å². The molecule has 3 saturated heterocycles. The zero-order chi connectivity index (χ0) is 55.1. The maximum atomic E-state index is 9.06. The topological polar surface area (TPSA) is 272 Å². The van der Waals surface area contributed by atoms with Crippen LogP contribution in [-0.4, -0.2) is 109 Å². The van der Waals surface area contributed by atoms with E-state index in [0.29, 0.717) is 29.4 Å². The van der Waals surface area contributed by atoms with E-state index in [1.54, 1.807) is 31.4 Å². The first-order valence-electron chi connectivity index (χ1n) is 26.4. The van der Waals surface area contributed by atoms with Crippen molar-refractivity contribution in [1.29, 1.82) is 0 Å². The first kappa shape index (κ1) is 61.0. The number of methoxy groups -OCH3 is 1. The third-order valence-corrected chi connectivity index (χ3v) is 12.7. The number of rotatable bonds is 14. The Morgan fingerprint density at radius 3 is 1.49 bits per heavy atom. The van der Waals surface area contributed by atoms with Gasteiger partial charge in [-0.15, -0.1) is 0 Å². The van der Waals surface area contributed by atoms with E-state index in [1.165, 1.54) is 88.2 Å². The number of nitrogen functional groups attached to an aromatic ring is 6. The molecular formula is C59H88N12O5. The van der Waals surface area contributed by atoms with E-state index in [4.69, 9.17) is 59.2 Å². The quantitative estimate of drug-likeness (QED) is 0.0456. The smallest absolute Gasteiger partial charge is 0.142 e. The molecule has 0 spiro atoms. The monoisotopic (exact) mass is 1040 g/mol. The lowest BCUT2D eigenvalue weighted by molar-refractivity contribution is 0.202. The maximum absolute atomic E-state index is 9.06. The fraction of sp³-hybridized carbons (Fsp3) is 0.390. The lowest BCUT2D eigenvalue weighted by Gasteiger charge is -2.28. The number of nitrogens with one attached hydrogen (secondary N) is 2. The van der Waals surface area contributed by atoms with E-state index in [0.717, 1.165) is 65.0 Å². The lowest BCUT2D eigenvalue weighted by Crippen LogP contribution is -2.29. The Kier molecular flexibility index (Phi) is 27.3. The van der Waals surface area contributed by atoms with Crippen LogP contribution in [0, 0.1) is 0 Å². The minimum absolute atomic E-state index is 0.00673. The summed E-state index contributed by atoms with van der Waals surface area (Å²) in [5.74, 6) is 1.27. The highest BCUT2D eigenvalue weighted by atomic mass is 16.5. The van der Waals surface area contributed by atoms with Crippen molar-refractivity contribution in [3.05, 3.63) is 133 Å². The predicted molar refractivity (Wildman–Crippen MR) is 323 cm³/mol. The van der Waals surface area contributed by atoms with Crippen molar-refractivity contribution in [2.45, 2.75) is 58.5 Å². The molecule has 17 heteroatoms. The van der Waals surface area contributed by atoms with E-state index in [-0.39, 0.29) is 26.4 Å². The molecule has 0 amide bonds. The van der Waals surface area contributed by atoms with Crippen molar-refractivity contribution in [3.8, 4) is 11.5 Å². The van der Waals surface area contributed by atoms with Crippen molar-refractivity contribution >= 4 is 68.2 Å². The third kappa shape index (κ3) is 21.7. The van der Waals surface area contributed by atoms with Crippen LogP contribution in [-0.2, 0) is 6.61 Å². The minimum Gasteiger partial charge on any atom is -0.495 e. The summed E-state index contributed by atoms with van der Waals surface area (Å²) in [6.07, 6.45) is 9.14. The van der Waals surface area contributed by atoms with Crippen molar-refractivity contribution in [2.24, 2.45) is 0 Å². The molecule has 17 N–H and O–H groups in total.